The second kappa shape index (κ2) is 7.13. The molecule has 0 N–H and O–H groups in total. The summed E-state index contributed by atoms with van der Waals surface area (Å²) in [4.78, 5) is 12.2. The Bertz CT molecular complexity index is 588. The highest BCUT2D eigenvalue weighted by Crippen LogP contribution is 2.11. The van der Waals surface area contributed by atoms with Crippen LogP contribution in [-0.2, 0) is 27.1 Å². The minimum Gasteiger partial charge on any atom is -0.293 e. The molecule has 1 aromatic carbocycles. The van der Waals surface area contributed by atoms with E-state index in [4.69, 9.17) is 0 Å². The van der Waals surface area contributed by atoms with Gasteiger partial charge in [-0.2, -0.15) is 0 Å². The van der Waals surface area contributed by atoms with Crippen LogP contribution in [0.4, 0.5) is 0 Å². The van der Waals surface area contributed by atoms with Gasteiger partial charge in [-0.1, -0.05) is 31.2 Å². The van der Waals surface area contributed by atoms with Gasteiger partial charge in [0.1, 0.15) is 9.84 Å². The molecule has 0 radical (unpaired) electrons. The number of Topliss-reactive ketones (excluding diaryl/α,β-unsaturated/α-hetero) is 1. The molecule has 0 saturated heterocycles. The molecular formula is C14H20O4S2. The Balaban J connectivity index is 2.72. The average molecular weight is 316 g/mol. The second-order valence-electron chi connectivity index (χ2n) is 4.77. The van der Waals surface area contributed by atoms with Crippen LogP contribution in [0.1, 0.15) is 29.8 Å². The summed E-state index contributed by atoms with van der Waals surface area (Å²) in [6.45, 7) is 3.61. The van der Waals surface area contributed by atoms with Crippen molar-refractivity contribution in [3.8, 4) is 0 Å². The molecule has 0 fully saturated rings. The maximum atomic E-state index is 12.2. The van der Waals surface area contributed by atoms with Gasteiger partial charge in [0.15, 0.2) is 5.78 Å². The topological polar surface area (TPSA) is 68.3 Å². The zero-order chi connectivity index (χ0) is 15.3. The van der Waals surface area contributed by atoms with E-state index in [-0.39, 0.29) is 17.3 Å². The zero-order valence-electron chi connectivity index (χ0n) is 12.0. The predicted octanol–water partition coefficient (Wildman–Crippen LogP) is 1.61. The monoisotopic (exact) mass is 316 g/mol. The highest BCUT2D eigenvalue weighted by molar-refractivity contribution is 7.92. The van der Waals surface area contributed by atoms with Crippen LogP contribution in [0.2, 0.25) is 0 Å². The van der Waals surface area contributed by atoms with E-state index in [2.05, 4.69) is 0 Å². The summed E-state index contributed by atoms with van der Waals surface area (Å²) in [5.74, 6) is -0.371. The minimum absolute atomic E-state index is 0.00121. The highest BCUT2D eigenvalue weighted by atomic mass is 32.2. The average Bonchev–Trinajstić information content (AvgIpc) is 2.42. The standard InChI is InChI=1S/C14H20O4S2/c1-4-12-5-7-13(8-6-12)14(15)11(2)19(16)9-10-20(3,17)18/h5-8,11H,4,9-10H2,1-3H3. The van der Waals surface area contributed by atoms with Crippen molar-refractivity contribution in [2.75, 3.05) is 17.8 Å². The van der Waals surface area contributed by atoms with Crippen LogP contribution in [0.15, 0.2) is 24.3 Å². The second-order valence-corrected chi connectivity index (χ2v) is 8.91. The summed E-state index contributed by atoms with van der Waals surface area (Å²) in [6, 6.07) is 7.20. The van der Waals surface area contributed by atoms with Crippen molar-refractivity contribution < 1.29 is 17.4 Å². The number of sulfone groups is 1. The number of rotatable bonds is 7. The molecule has 0 aliphatic heterocycles. The van der Waals surface area contributed by atoms with Gasteiger partial charge in [-0.3, -0.25) is 9.00 Å². The molecule has 0 saturated carbocycles. The van der Waals surface area contributed by atoms with Crippen molar-refractivity contribution in [2.24, 2.45) is 0 Å². The van der Waals surface area contributed by atoms with Crippen LogP contribution >= 0.6 is 0 Å². The number of aryl methyl sites for hydroxylation is 1. The summed E-state index contributed by atoms with van der Waals surface area (Å²) in [6.07, 6.45) is 1.99. The molecule has 4 nitrogen and oxygen atoms in total. The smallest absolute Gasteiger partial charge is 0.178 e. The lowest BCUT2D eigenvalue weighted by Crippen LogP contribution is -2.27. The summed E-state index contributed by atoms with van der Waals surface area (Å²) in [5, 5.41) is -0.691. The molecule has 0 amide bonds. The van der Waals surface area contributed by atoms with Gasteiger partial charge in [-0.05, 0) is 18.9 Å². The van der Waals surface area contributed by atoms with Crippen molar-refractivity contribution in [3.05, 3.63) is 35.4 Å². The SMILES string of the molecule is CCc1ccc(C(=O)C(C)S(=O)CCS(C)(=O)=O)cc1. The molecule has 0 aliphatic rings. The Morgan fingerprint density at radius 2 is 1.80 bits per heavy atom. The lowest BCUT2D eigenvalue weighted by molar-refractivity contribution is 0.0992. The van der Waals surface area contributed by atoms with Crippen molar-refractivity contribution in [1.29, 1.82) is 0 Å². The molecule has 0 aliphatic carbocycles. The van der Waals surface area contributed by atoms with Gasteiger partial charge in [-0.15, -0.1) is 0 Å². The van der Waals surface area contributed by atoms with Crippen molar-refractivity contribution in [1.82, 2.24) is 0 Å². The summed E-state index contributed by atoms with van der Waals surface area (Å²) in [5.41, 5.74) is 1.65. The van der Waals surface area contributed by atoms with Crippen LogP contribution < -0.4 is 0 Å². The van der Waals surface area contributed by atoms with Crippen molar-refractivity contribution in [2.45, 2.75) is 25.5 Å². The Labute approximate surface area is 123 Å². The first kappa shape index (κ1) is 17.0. The molecule has 1 rings (SSSR count). The maximum absolute atomic E-state index is 12.2. The highest BCUT2D eigenvalue weighted by Gasteiger charge is 2.22. The van der Waals surface area contributed by atoms with Gasteiger partial charge in [0.25, 0.3) is 0 Å². The normalized spacial score (nSPS) is 14.8. The molecule has 0 bridgehead atoms. The quantitative estimate of drug-likeness (QED) is 0.717. The van der Waals surface area contributed by atoms with Crippen LogP contribution in [0.25, 0.3) is 0 Å². The number of benzene rings is 1. The van der Waals surface area contributed by atoms with Crippen LogP contribution in [-0.4, -0.2) is 41.4 Å². The Morgan fingerprint density at radius 1 is 1.25 bits per heavy atom. The van der Waals surface area contributed by atoms with Crippen molar-refractivity contribution in [3.63, 3.8) is 0 Å². The van der Waals surface area contributed by atoms with Crippen LogP contribution in [0.3, 0.4) is 0 Å². The molecule has 2 unspecified atom stereocenters. The first-order valence-corrected chi connectivity index (χ1v) is 9.87. The van der Waals surface area contributed by atoms with Crippen LogP contribution in [0, 0.1) is 0 Å². The number of hydrogen-bond acceptors (Lipinski definition) is 4. The Morgan fingerprint density at radius 3 is 2.25 bits per heavy atom. The molecule has 6 heteroatoms. The summed E-state index contributed by atoms with van der Waals surface area (Å²) >= 11 is 0. The van der Waals surface area contributed by atoms with Crippen molar-refractivity contribution >= 4 is 26.4 Å². The maximum Gasteiger partial charge on any atom is 0.178 e. The van der Waals surface area contributed by atoms with Gasteiger partial charge in [0, 0.05) is 28.4 Å². The van der Waals surface area contributed by atoms with Gasteiger partial charge >= 0.3 is 0 Å². The number of hydrogen-bond donors (Lipinski definition) is 0. The largest absolute Gasteiger partial charge is 0.293 e. The summed E-state index contributed by atoms with van der Waals surface area (Å²) < 4.78 is 34.1. The fourth-order valence-corrected chi connectivity index (χ4v) is 4.27. The first-order valence-electron chi connectivity index (χ1n) is 6.42. The van der Waals surface area contributed by atoms with E-state index < -0.39 is 25.9 Å². The predicted molar refractivity (Wildman–Crippen MR) is 82.3 cm³/mol. The lowest BCUT2D eigenvalue weighted by atomic mass is 10.1. The van der Waals surface area contributed by atoms with E-state index in [1.807, 2.05) is 19.1 Å². The summed E-state index contributed by atoms with van der Waals surface area (Å²) in [7, 11) is -4.63. The fourth-order valence-electron chi connectivity index (χ4n) is 1.67. The van der Waals surface area contributed by atoms with E-state index in [9.17, 15) is 17.4 Å². The minimum atomic E-state index is -3.16. The van der Waals surface area contributed by atoms with E-state index in [0.29, 0.717) is 5.56 Å². The molecule has 0 spiro atoms. The van der Waals surface area contributed by atoms with E-state index >= 15 is 0 Å². The molecule has 0 heterocycles. The number of ketones is 1. The number of carbonyl (C=O) groups is 1. The Hall–Kier alpha value is -1.01. The van der Waals surface area contributed by atoms with Crippen LogP contribution in [0.5, 0.6) is 0 Å². The number of carbonyl (C=O) groups excluding carboxylic acids is 1. The van der Waals surface area contributed by atoms with E-state index in [1.54, 1.807) is 19.1 Å². The third kappa shape index (κ3) is 5.17. The molecule has 1 aromatic rings. The van der Waals surface area contributed by atoms with Gasteiger partial charge < -0.3 is 0 Å². The first-order chi connectivity index (χ1) is 9.24. The molecular weight excluding hydrogens is 296 g/mol. The van der Waals surface area contributed by atoms with Gasteiger partial charge in [-0.25, -0.2) is 8.42 Å². The zero-order valence-corrected chi connectivity index (χ0v) is 13.6. The van der Waals surface area contributed by atoms with E-state index in [1.165, 1.54) is 0 Å². The molecule has 20 heavy (non-hydrogen) atoms. The molecule has 2 atom stereocenters. The molecule has 112 valence electrons. The van der Waals surface area contributed by atoms with Gasteiger partial charge in [0.05, 0.1) is 11.0 Å². The third-order valence-electron chi connectivity index (χ3n) is 3.07. The van der Waals surface area contributed by atoms with E-state index in [0.717, 1.165) is 18.2 Å². The third-order valence-corrected chi connectivity index (χ3v) is 5.88. The van der Waals surface area contributed by atoms with Gasteiger partial charge in [0.2, 0.25) is 0 Å². The fraction of sp³-hybridized carbons (Fsp3) is 0.500. The molecule has 0 aromatic heterocycles. The Kier molecular flexibility index (Phi) is 6.07. The lowest BCUT2D eigenvalue weighted by Gasteiger charge is -2.10.